The summed E-state index contributed by atoms with van der Waals surface area (Å²) >= 11 is 1.20. The predicted octanol–water partition coefficient (Wildman–Crippen LogP) is 3.86. The number of esters is 1. The molecule has 0 saturated carbocycles. The third-order valence-corrected chi connectivity index (χ3v) is 6.82. The minimum absolute atomic E-state index is 0.144. The number of anilines is 1. The van der Waals surface area contributed by atoms with Crippen LogP contribution < -0.4 is 5.32 Å². The Balaban J connectivity index is 1.70. The van der Waals surface area contributed by atoms with E-state index in [9.17, 15) is 23.9 Å². The molecule has 2 saturated heterocycles. The van der Waals surface area contributed by atoms with Crippen LogP contribution in [0.3, 0.4) is 0 Å². The first-order valence-electron chi connectivity index (χ1n) is 10.1. The summed E-state index contributed by atoms with van der Waals surface area (Å²) in [4.78, 5) is 38.4. The Hall–Kier alpha value is -2.78. The molecule has 2 bridgehead atoms. The second-order valence-electron chi connectivity index (χ2n) is 7.63. The molecule has 2 aliphatic heterocycles. The van der Waals surface area contributed by atoms with Crippen LogP contribution in [-0.2, 0) is 19.1 Å². The molecule has 1 aromatic heterocycles. The van der Waals surface area contributed by atoms with Gasteiger partial charge in [0.25, 0.3) is 0 Å². The number of carbonyl (C=O) groups is 3. The highest BCUT2D eigenvalue weighted by atomic mass is 32.1. The van der Waals surface area contributed by atoms with Crippen LogP contribution in [0.4, 0.5) is 9.39 Å². The molecular weight excluding hydrogens is 425 g/mol. The van der Waals surface area contributed by atoms with E-state index < -0.39 is 47.7 Å². The fourth-order valence-corrected chi connectivity index (χ4v) is 5.58. The predicted molar refractivity (Wildman–Crippen MR) is 112 cm³/mol. The van der Waals surface area contributed by atoms with Gasteiger partial charge in [-0.3, -0.25) is 9.59 Å². The Labute approximate surface area is 182 Å². The lowest BCUT2D eigenvalue weighted by Gasteiger charge is -2.23. The van der Waals surface area contributed by atoms with Crippen molar-refractivity contribution in [2.24, 2.45) is 11.8 Å². The quantitative estimate of drug-likeness (QED) is 0.652. The van der Waals surface area contributed by atoms with Gasteiger partial charge in [-0.05, 0) is 44.4 Å². The zero-order chi connectivity index (χ0) is 22.3. The SMILES string of the molecule is CCOC(=O)c1c(NC(=O)[C@H]2[C@H](C(=O)O)[C@H]3CC[C@H]2O3)sc(C)c1-c1ccc(F)cc1. The van der Waals surface area contributed by atoms with Crippen LogP contribution in [-0.4, -0.2) is 41.8 Å². The van der Waals surface area contributed by atoms with Crippen LogP contribution >= 0.6 is 11.3 Å². The molecule has 0 unspecified atom stereocenters. The summed E-state index contributed by atoms with van der Waals surface area (Å²) in [5.41, 5.74) is 1.35. The van der Waals surface area contributed by atoms with Gasteiger partial charge in [0.05, 0.1) is 30.7 Å². The van der Waals surface area contributed by atoms with Gasteiger partial charge in [-0.1, -0.05) is 12.1 Å². The molecule has 4 rings (SSSR count). The van der Waals surface area contributed by atoms with E-state index in [1.54, 1.807) is 26.0 Å². The van der Waals surface area contributed by atoms with E-state index in [0.717, 1.165) is 4.88 Å². The van der Waals surface area contributed by atoms with E-state index >= 15 is 0 Å². The lowest BCUT2D eigenvalue weighted by atomic mass is 9.78. The first-order valence-corrected chi connectivity index (χ1v) is 10.9. The molecule has 0 radical (unpaired) electrons. The lowest BCUT2D eigenvalue weighted by molar-refractivity contribution is -0.147. The summed E-state index contributed by atoms with van der Waals surface area (Å²) in [5.74, 6) is -4.31. The molecule has 3 heterocycles. The second kappa shape index (κ2) is 8.39. The summed E-state index contributed by atoms with van der Waals surface area (Å²) < 4.78 is 24.3. The first kappa shape index (κ1) is 21.5. The third kappa shape index (κ3) is 3.83. The number of rotatable bonds is 6. The van der Waals surface area contributed by atoms with Crippen molar-refractivity contribution >= 4 is 34.2 Å². The van der Waals surface area contributed by atoms with Crippen LogP contribution in [0, 0.1) is 24.6 Å². The molecular formula is C22H22FNO6S. The third-order valence-electron chi connectivity index (χ3n) is 5.79. The average molecular weight is 447 g/mol. The molecule has 0 aliphatic carbocycles. The number of amides is 1. The van der Waals surface area contributed by atoms with Crippen LogP contribution in [0.15, 0.2) is 24.3 Å². The Morgan fingerprint density at radius 1 is 1.19 bits per heavy atom. The van der Waals surface area contributed by atoms with E-state index in [0.29, 0.717) is 24.0 Å². The molecule has 31 heavy (non-hydrogen) atoms. The Kier molecular flexibility index (Phi) is 5.81. The zero-order valence-corrected chi connectivity index (χ0v) is 17.8. The number of halogens is 1. The number of carboxylic acid groups (broad SMARTS) is 1. The minimum atomic E-state index is -1.06. The van der Waals surface area contributed by atoms with Gasteiger partial charge in [0.15, 0.2) is 0 Å². The number of carbonyl (C=O) groups excluding carboxylic acids is 2. The summed E-state index contributed by atoms with van der Waals surface area (Å²) in [6.45, 7) is 3.62. The van der Waals surface area contributed by atoms with Crippen LogP contribution in [0.5, 0.6) is 0 Å². The largest absolute Gasteiger partial charge is 0.481 e. The molecule has 2 N–H and O–H groups in total. The number of aliphatic carboxylic acids is 1. The number of hydrogen-bond donors (Lipinski definition) is 2. The van der Waals surface area contributed by atoms with E-state index in [-0.39, 0.29) is 17.2 Å². The first-order chi connectivity index (χ1) is 14.8. The van der Waals surface area contributed by atoms with Gasteiger partial charge >= 0.3 is 11.9 Å². The number of carboxylic acids is 1. The monoisotopic (exact) mass is 447 g/mol. The second-order valence-corrected chi connectivity index (χ2v) is 8.86. The van der Waals surface area contributed by atoms with Gasteiger partial charge in [-0.25, -0.2) is 9.18 Å². The van der Waals surface area contributed by atoms with Crippen LogP contribution in [0.25, 0.3) is 11.1 Å². The highest BCUT2D eigenvalue weighted by Crippen LogP contribution is 2.45. The summed E-state index contributed by atoms with van der Waals surface area (Å²) in [6.07, 6.45) is 0.325. The molecule has 4 atom stereocenters. The fraction of sp³-hybridized carbons (Fsp3) is 0.409. The normalized spacial score (nSPS) is 24.2. The average Bonchev–Trinajstić information content (AvgIpc) is 3.41. The van der Waals surface area contributed by atoms with Crippen LogP contribution in [0.1, 0.15) is 35.0 Å². The van der Waals surface area contributed by atoms with Gasteiger partial charge < -0.3 is 19.9 Å². The van der Waals surface area contributed by atoms with Crippen molar-refractivity contribution in [3.63, 3.8) is 0 Å². The number of fused-ring (bicyclic) bond motifs is 2. The minimum Gasteiger partial charge on any atom is -0.481 e. The van der Waals surface area contributed by atoms with Crippen molar-refractivity contribution in [1.29, 1.82) is 0 Å². The van der Waals surface area contributed by atoms with Gasteiger partial charge in [0.2, 0.25) is 5.91 Å². The van der Waals surface area contributed by atoms with Crippen LogP contribution in [0.2, 0.25) is 0 Å². The summed E-state index contributed by atoms with van der Waals surface area (Å²) in [5, 5.41) is 12.6. The molecule has 2 aromatic rings. The number of thiophene rings is 1. The smallest absolute Gasteiger partial charge is 0.341 e. The van der Waals surface area contributed by atoms with Crippen molar-refractivity contribution in [2.75, 3.05) is 11.9 Å². The Morgan fingerprint density at radius 3 is 2.45 bits per heavy atom. The number of hydrogen-bond acceptors (Lipinski definition) is 6. The maximum Gasteiger partial charge on any atom is 0.341 e. The summed E-state index contributed by atoms with van der Waals surface area (Å²) in [7, 11) is 0. The topological polar surface area (TPSA) is 102 Å². The molecule has 7 nitrogen and oxygen atoms in total. The number of benzene rings is 1. The lowest BCUT2D eigenvalue weighted by Crippen LogP contribution is -2.41. The molecule has 0 spiro atoms. The van der Waals surface area contributed by atoms with Crippen molar-refractivity contribution in [3.05, 3.63) is 40.5 Å². The van der Waals surface area contributed by atoms with E-state index in [2.05, 4.69) is 5.32 Å². The molecule has 1 aromatic carbocycles. The standard InChI is InChI=1S/C22H22FNO6S/c1-3-29-22(28)18-15(11-4-6-12(23)7-5-11)10(2)31-20(18)24-19(25)16-13-8-9-14(30-13)17(16)21(26)27/h4-7,13-14,16-17H,3,8-9H2,1-2H3,(H,24,25)(H,26,27)/t13-,14-,16-,17-/m1/s1. The highest BCUT2D eigenvalue weighted by Gasteiger charge is 2.55. The number of aryl methyl sites for hydroxylation is 1. The molecule has 9 heteroatoms. The maximum absolute atomic E-state index is 13.4. The van der Waals surface area contributed by atoms with E-state index in [1.165, 1.54) is 23.5 Å². The molecule has 2 fully saturated rings. The van der Waals surface area contributed by atoms with Gasteiger partial charge in [0.1, 0.15) is 16.4 Å². The molecule has 1 amide bonds. The Bertz CT molecular complexity index is 1030. The molecule has 164 valence electrons. The maximum atomic E-state index is 13.4. The van der Waals surface area contributed by atoms with Crippen molar-refractivity contribution in [1.82, 2.24) is 0 Å². The van der Waals surface area contributed by atoms with Crippen molar-refractivity contribution < 1.29 is 33.4 Å². The van der Waals surface area contributed by atoms with Gasteiger partial charge in [-0.15, -0.1) is 11.3 Å². The molecule has 2 aliphatic rings. The van der Waals surface area contributed by atoms with E-state index in [4.69, 9.17) is 9.47 Å². The number of ether oxygens (including phenoxy) is 2. The Morgan fingerprint density at radius 2 is 1.84 bits per heavy atom. The fourth-order valence-electron chi connectivity index (χ4n) is 4.51. The summed E-state index contributed by atoms with van der Waals surface area (Å²) in [6, 6.07) is 5.71. The zero-order valence-electron chi connectivity index (χ0n) is 17.0. The highest BCUT2D eigenvalue weighted by molar-refractivity contribution is 7.17. The van der Waals surface area contributed by atoms with Gasteiger partial charge in [-0.2, -0.15) is 0 Å². The number of nitrogens with one attached hydrogen (secondary N) is 1. The van der Waals surface area contributed by atoms with Crippen molar-refractivity contribution in [2.45, 2.75) is 38.9 Å². The van der Waals surface area contributed by atoms with E-state index in [1.807, 2.05) is 0 Å². The van der Waals surface area contributed by atoms with Gasteiger partial charge in [0, 0.05) is 10.4 Å². The van der Waals surface area contributed by atoms with Crippen molar-refractivity contribution in [3.8, 4) is 11.1 Å².